The van der Waals surface area contributed by atoms with Gasteiger partial charge in [0.1, 0.15) is 17.8 Å². The number of nitrogens with zero attached hydrogens (tertiary/aromatic N) is 2. The fraction of sp³-hybridized carbons (Fsp3) is 0.353. The van der Waals surface area contributed by atoms with Gasteiger partial charge in [0, 0.05) is 29.9 Å². The van der Waals surface area contributed by atoms with Crippen LogP contribution in [0.1, 0.15) is 28.9 Å². The molecule has 1 atom stereocenters. The Balaban J connectivity index is 1.67. The first-order chi connectivity index (χ1) is 11.6. The Morgan fingerprint density at radius 1 is 1.42 bits per heavy atom. The number of rotatable bonds is 5. The van der Waals surface area contributed by atoms with Crippen LogP contribution in [0.4, 0.5) is 11.5 Å². The molecule has 7 heteroatoms. The van der Waals surface area contributed by atoms with Gasteiger partial charge in [-0.1, -0.05) is 17.7 Å². The van der Waals surface area contributed by atoms with Crippen molar-refractivity contribution in [3.63, 3.8) is 0 Å². The molecular formula is C17H19ClN4O2. The Bertz CT molecular complexity index is 732. The predicted molar refractivity (Wildman–Crippen MR) is 92.8 cm³/mol. The minimum absolute atomic E-state index is 0.0995. The Hall–Kier alpha value is -2.18. The van der Waals surface area contributed by atoms with E-state index in [2.05, 4.69) is 20.6 Å². The second kappa shape index (κ2) is 7.59. The molecule has 2 heterocycles. The molecule has 1 aliphatic heterocycles. The highest BCUT2D eigenvalue weighted by Gasteiger charge is 2.17. The number of nitrogens with one attached hydrogen (secondary N) is 2. The Labute approximate surface area is 145 Å². The van der Waals surface area contributed by atoms with Gasteiger partial charge in [-0.3, -0.25) is 4.79 Å². The normalized spacial score (nSPS) is 16.8. The van der Waals surface area contributed by atoms with Crippen molar-refractivity contribution in [2.24, 2.45) is 0 Å². The van der Waals surface area contributed by atoms with Gasteiger partial charge in [0.25, 0.3) is 5.91 Å². The van der Waals surface area contributed by atoms with Crippen molar-refractivity contribution in [1.82, 2.24) is 15.3 Å². The predicted octanol–water partition coefficient (Wildman–Crippen LogP) is 3.09. The first-order valence-corrected chi connectivity index (χ1v) is 8.25. The molecule has 0 bridgehead atoms. The Morgan fingerprint density at radius 2 is 2.29 bits per heavy atom. The van der Waals surface area contributed by atoms with Gasteiger partial charge >= 0.3 is 0 Å². The van der Waals surface area contributed by atoms with Gasteiger partial charge < -0.3 is 15.4 Å². The zero-order valence-electron chi connectivity index (χ0n) is 13.4. The van der Waals surface area contributed by atoms with E-state index < -0.39 is 0 Å². The average molecular weight is 347 g/mol. The van der Waals surface area contributed by atoms with Gasteiger partial charge in [0.05, 0.1) is 6.10 Å². The van der Waals surface area contributed by atoms with Crippen molar-refractivity contribution in [1.29, 1.82) is 0 Å². The van der Waals surface area contributed by atoms with Crippen LogP contribution in [0.3, 0.4) is 0 Å². The van der Waals surface area contributed by atoms with Crippen LogP contribution in [0.2, 0.25) is 5.02 Å². The van der Waals surface area contributed by atoms with E-state index in [9.17, 15) is 4.79 Å². The number of halogens is 1. The molecule has 1 aromatic heterocycles. The molecule has 0 saturated carbocycles. The molecular weight excluding hydrogens is 328 g/mol. The Morgan fingerprint density at radius 3 is 3.08 bits per heavy atom. The standard InChI is InChI=1S/C17H19ClN4O2/c1-11-13(18)5-2-6-14(11)22-16-8-15(20-10-21-16)17(23)19-9-12-4-3-7-24-12/h2,5-6,8,10,12H,3-4,7,9H2,1H3,(H,19,23)(H,20,21,22). The molecule has 1 aromatic carbocycles. The van der Waals surface area contributed by atoms with Gasteiger partial charge in [-0.05, 0) is 37.5 Å². The van der Waals surface area contributed by atoms with Gasteiger partial charge in [0.2, 0.25) is 0 Å². The van der Waals surface area contributed by atoms with Gasteiger partial charge in [-0.25, -0.2) is 9.97 Å². The highest BCUT2D eigenvalue weighted by molar-refractivity contribution is 6.31. The number of anilines is 2. The quantitative estimate of drug-likeness (QED) is 0.870. The molecule has 0 radical (unpaired) electrons. The molecule has 1 saturated heterocycles. The molecule has 1 unspecified atom stereocenters. The van der Waals surface area contributed by atoms with Crippen LogP contribution in [-0.2, 0) is 4.74 Å². The van der Waals surface area contributed by atoms with E-state index in [4.69, 9.17) is 16.3 Å². The number of hydrogen-bond acceptors (Lipinski definition) is 5. The lowest BCUT2D eigenvalue weighted by molar-refractivity contribution is 0.0853. The van der Waals surface area contributed by atoms with Crippen molar-refractivity contribution in [3.8, 4) is 0 Å². The summed E-state index contributed by atoms with van der Waals surface area (Å²) < 4.78 is 5.49. The van der Waals surface area contributed by atoms with Crippen LogP contribution in [0.15, 0.2) is 30.6 Å². The van der Waals surface area contributed by atoms with Crippen LogP contribution in [0.5, 0.6) is 0 Å². The average Bonchev–Trinajstić information content (AvgIpc) is 3.11. The van der Waals surface area contributed by atoms with Crippen LogP contribution in [0, 0.1) is 6.92 Å². The number of carbonyl (C=O) groups excluding carboxylic acids is 1. The SMILES string of the molecule is Cc1c(Cl)cccc1Nc1cc(C(=O)NCC2CCCO2)ncn1. The lowest BCUT2D eigenvalue weighted by Crippen LogP contribution is -2.32. The van der Waals surface area contributed by atoms with E-state index in [1.165, 1.54) is 6.33 Å². The highest BCUT2D eigenvalue weighted by Crippen LogP contribution is 2.25. The van der Waals surface area contributed by atoms with Crippen LogP contribution < -0.4 is 10.6 Å². The summed E-state index contributed by atoms with van der Waals surface area (Å²) in [5.41, 5.74) is 2.07. The first-order valence-electron chi connectivity index (χ1n) is 7.87. The van der Waals surface area contributed by atoms with Crippen molar-refractivity contribution in [2.45, 2.75) is 25.9 Å². The summed E-state index contributed by atoms with van der Waals surface area (Å²) in [7, 11) is 0. The smallest absolute Gasteiger partial charge is 0.270 e. The molecule has 0 spiro atoms. The van der Waals surface area contributed by atoms with Crippen LogP contribution >= 0.6 is 11.6 Å². The van der Waals surface area contributed by atoms with Crippen molar-refractivity contribution in [2.75, 3.05) is 18.5 Å². The maximum Gasteiger partial charge on any atom is 0.270 e. The van der Waals surface area contributed by atoms with E-state index in [1.807, 2.05) is 25.1 Å². The third kappa shape index (κ3) is 4.01. The van der Waals surface area contributed by atoms with Crippen LogP contribution in [0.25, 0.3) is 0 Å². The molecule has 2 N–H and O–H groups in total. The van der Waals surface area contributed by atoms with Gasteiger partial charge in [0.15, 0.2) is 0 Å². The number of benzene rings is 1. The number of amides is 1. The maximum atomic E-state index is 12.2. The van der Waals surface area contributed by atoms with Crippen molar-refractivity contribution >= 4 is 29.0 Å². The minimum atomic E-state index is -0.237. The second-order valence-corrected chi connectivity index (χ2v) is 6.08. The molecule has 0 aliphatic carbocycles. The summed E-state index contributed by atoms with van der Waals surface area (Å²) in [6.07, 6.45) is 3.48. The number of carbonyl (C=O) groups is 1. The number of aromatic nitrogens is 2. The van der Waals surface area contributed by atoms with Gasteiger partial charge in [-0.15, -0.1) is 0 Å². The fourth-order valence-corrected chi connectivity index (χ4v) is 2.71. The maximum absolute atomic E-state index is 12.2. The van der Waals surface area contributed by atoms with Crippen molar-refractivity contribution in [3.05, 3.63) is 46.9 Å². The third-order valence-electron chi connectivity index (χ3n) is 3.94. The van der Waals surface area contributed by atoms with Crippen molar-refractivity contribution < 1.29 is 9.53 Å². The topological polar surface area (TPSA) is 76.1 Å². The molecule has 3 rings (SSSR count). The molecule has 24 heavy (non-hydrogen) atoms. The monoisotopic (exact) mass is 346 g/mol. The molecule has 1 fully saturated rings. The zero-order valence-corrected chi connectivity index (χ0v) is 14.1. The highest BCUT2D eigenvalue weighted by atomic mass is 35.5. The van der Waals surface area contributed by atoms with Gasteiger partial charge in [-0.2, -0.15) is 0 Å². The second-order valence-electron chi connectivity index (χ2n) is 5.67. The molecule has 126 valence electrons. The summed E-state index contributed by atoms with van der Waals surface area (Å²) in [6.45, 7) is 3.18. The minimum Gasteiger partial charge on any atom is -0.376 e. The van der Waals surface area contributed by atoms with E-state index >= 15 is 0 Å². The summed E-state index contributed by atoms with van der Waals surface area (Å²) in [5.74, 6) is 0.302. The number of hydrogen-bond donors (Lipinski definition) is 2. The summed E-state index contributed by atoms with van der Waals surface area (Å²) in [6, 6.07) is 7.20. The number of ether oxygens (including phenoxy) is 1. The Kier molecular flexibility index (Phi) is 5.27. The molecule has 1 amide bonds. The molecule has 1 aliphatic rings. The summed E-state index contributed by atoms with van der Waals surface area (Å²) >= 11 is 6.12. The third-order valence-corrected chi connectivity index (χ3v) is 4.35. The van der Waals surface area contributed by atoms with E-state index in [-0.39, 0.29) is 12.0 Å². The lowest BCUT2D eigenvalue weighted by Gasteiger charge is -2.12. The van der Waals surface area contributed by atoms with E-state index in [0.717, 1.165) is 30.7 Å². The largest absolute Gasteiger partial charge is 0.376 e. The summed E-state index contributed by atoms with van der Waals surface area (Å²) in [4.78, 5) is 20.4. The lowest BCUT2D eigenvalue weighted by atomic mass is 10.2. The van der Waals surface area contributed by atoms with E-state index in [1.54, 1.807) is 6.07 Å². The van der Waals surface area contributed by atoms with Crippen LogP contribution in [-0.4, -0.2) is 35.1 Å². The first kappa shape index (κ1) is 16.7. The fourth-order valence-electron chi connectivity index (χ4n) is 2.53. The summed E-state index contributed by atoms with van der Waals surface area (Å²) in [5, 5.41) is 6.68. The molecule has 6 nitrogen and oxygen atoms in total. The molecule has 2 aromatic rings. The van der Waals surface area contributed by atoms with E-state index in [0.29, 0.717) is 23.1 Å². The zero-order chi connectivity index (χ0) is 16.9.